The lowest BCUT2D eigenvalue weighted by Crippen LogP contribution is -2.15. The van der Waals surface area contributed by atoms with Gasteiger partial charge in [-0.05, 0) is 25.2 Å². The molecule has 1 aliphatic heterocycles. The molecule has 2 rings (SSSR count). The molecule has 0 aromatic carbocycles. The van der Waals surface area contributed by atoms with E-state index in [-0.39, 0.29) is 0 Å². The monoisotopic (exact) mass is 254 g/mol. The van der Waals surface area contributed by atoms with E-state index in [1.807, 2.05) is 0 Å². The molecule has 1 fully saturated rings. The first kappa shape index (κ1) is 13.0. The Labute approximate surface area is 107 Å². The second kappa shape index (κ2) is 5.94. The van der Waals surface area contributed by atoms with Crippen LogP contribution in [0.5, 0.6) is 0 Å². The highest BCUT2D eigenvalue weighted by Crippen LogP contribution is 2.31. The molecule has 0 saturated carbocycles. The van der Waals surface area contributed by atoms with Crippen molar-refractivity contribution in [1.82, 2.24) is 4.98 Å². The van der Waals surface area contributed by atoms with Crippen molar-refractivity contribution in [2.75, 3.05) is 13.2 Å². The van der Waals surface area contributed by atoms with Gasteiger partial charge in [0.15, 0.2) is 0 Å². The summed E-state index contributed by atoms with van der Waals surface area (Å²) in [5.74, 6) is 1.14. The van der Waals surface area contributed by atoms with Crippen molar-refractivity contribution in [1.29, 1.82) is 0 Å². The molecule has 0 spiro atoms. The Kier molecular flexibility index (Phi) is 4.54. The van der Waals surface area contributed by atoms with Crippen molar-refractivity contribution >= 4 is 11.3 Å². The number of nitrogens with two attached hydrogens (primary N) is 1. The first-order valence-corrected chi connectivity index (χ1v) is 7.28. The second-order valence-electron chi connectivity index (χ2n) is 5.14. The minimum absolute atomic E-state index is 0.500. The van der Waals surface area contributed by atoms with Gasteiger partial charge in [0.25, 0.3) is 0 Å². The molecule has 1 aliphatic rings. The predicted octanol–water partition coefficient (Wildman–Crippen LogP) is 2.69. The third kappa shape index (κ3) is 3.27. The van der Waals surface area contributed by atoms with E-state index in [1.165, 1.54) is 22.0 Å². The summed E-state index contributed by atoms with van der Waals surface area (Å²) >= 11 is 1.79. The third-order valence-corrected chi connectivity index (χ3v) is 4.37. The number of thiazole rings is 1. The summed E-state index contributed by atoms with van der Waals surface area (Å²) in [7, 11) is 0. The maximum absolute atomic E-state index is 5.81. The molecule has 1 aromatic rings. The highest BCUT2D eigenvalue weighted by Gasteiger charge is 2.21. The normalized spacial score (nSPS) is 21.1. The van der Waals surface area contributed by atoms with Crippen LogP contribution in [-0.2, 0) is 17.7 Å². The zero-order valence-corrected chi connectivity index (χ0v) is 11.6. The van der Waals surface area contributed by atoms with Gasteiger partial charge in [0.1, 0.15) is 0 Å². The quantitative estimate of drug-likeness (QED) is 0.898. The lowest BCUT2D eigenvalue weighted by Gasteiger charge is -2.19. The fourth-order valence-electron chi connectivity index (χ4n) is 2.22. The predicted molar refractivity (Wildman–Crippen MR) is 71.3 cm³/mol. The lowest BCUT2D eigenvalue weighted by molar-refractivity contribution is 0.0803. The van der Waals surface area contributed by atoms with Crippen LogP contribution in [0.4, 0.5) is 0 Å². The average Bonchev–Trinajstić information content (AvgIpc) is 2.72. The van der Waals surface area contributed by atoms with Crippen molar-refractivity contribution < 1.29 is 4.74 Å². The highest BCUT2D eigenvalue weighted by atomic mass is 32.1. The van der Waals surface area contributed by atoms with E-state index in [9.17, 15) is 0 Å². The van der Waals surface area contributed by atoms with Crippen LogP contribution in [0.2, 0.25) is 0 Å². The van der Waals surface area contributed by atoms with Crippen molar-refractivity contribution in [3.05, 3.63) is 15.6 Å². The minimum Gasteiger partial charge on any atom is -0.381 e. The molecule has 2 heterocycles. The standard InChI is InChI=1S/C13H22N2OS/c1-9(2)6-11-12(7-14)17-13(15-11)10-4-3-5-16-8-10/h9-10H,3-8,14H2,1-2H3. The van der Waals surface area contributed by atoms with Crippen molar-refractivity contribution in [2.45, 2.75) is 45.6 Å². The highest BCUT2D eigenvalue weighted by molar-refractivity contribution is 7.11. The first-order chi connectivity index (χ1) is 8.20. The smallest absolute Gasteiger partial charge is 0.0985 e. The number of rotatable bonds is 4. The molecular weight excluding hydrogens is 232 g/mol. The van der Waals surface area contributed by atoms with Crippen LogP contribution in [-0.4, -0.2) is 18.2 Å². The Morgan fingerprint density at radius 2 is 2.35 bits per heavy atom. The van der Waals surface area contributed by atoms with E-state index in [1.54, 1.807) is 11.3 Å². The van der Waals surface area contributed by atoms with Crippen LogP contribution in [0.1, 0.15) is 48.2 Å². The number of nitrogens with zero attached hydrogens (tertiary/aromatic N) is 1. The van der Waals surface area contributed by atoms with Crippen LogP contribution in [0.15, 0.2) is 0 Å². The molecule has 1 saturated heterocycles. The van der Waals surface area contributed by atoms with Gasteiger partial charge < -0.3 is 10.5 Å². The van der Waals surface area contributed by atoms with Crippen LogP contribution in [0.25, 0.3) is 0 Å². The molecular formula is C13H22N2OS. The summed E-state index contributed by atoms with van der Waals surface area (Å²) in [6.07, 6.45) is 3.40. The maximum Gasteiger partial charge on any atom is 0.0985 e. The van der Waals surface area contributed by atoms with Gasteiger partial charge in [0.2, 0.25) is 0 Å². The van der Waals surface area contributed by atoms with Crippen LogP contribution in [0, 0.1) is 5.92 Å². The molecule has 1 unspecified atom stereocenters. The fraction of sp³-hybridized carbons (Fsp3) is 0.769. The SMILES string of the molecule is CC(C)Cc1nc(C2CCCOC2)sc1CN. The summed E-state index contributed by atoms with van der Waals surface area (Å²) in [5, 5.41) is 1.24. The van der Waals surface area contributed by atoms with E-state index in [0.717, 1.165) is 26.1 Å². The molecule has 0 radical (unpaired) electrons. The van der Waals surface area contributed by atoms with Crippen molar-refractivity contribution in [3.8, 4) is 0 Å². The number of aromatic nitrogens is 1. The maximum atomic E-state index is 5.81. The van der Waals surface area contributed by atoms with Gasteiger partial charge in [0.05, 0.1) is 17.3 Å². The van der Waals surface area contributed by atoms with E-state index in [4.69, 9.17) is 15.5 Å². The molecule has 1 atom stereocenters. The van der Waals surface area contributed by atoms with Gasteiger partial charge in [-0.2, -0.15) is 0 Å². The van der Waals surface area contributed by atoms with Crippen LogP contribution >= 0.6 is 11.3 Å². The van der Waals surface area contributed by atoms with E-state index >= 15 is 0 Å². The molecule has 0 amide bonds. The summed E-state index contributed by atoms with van der Waals surface area (Å²) in [6, 6.07) is 0. The summed E-state index contributed by atoms with van der Waals surface area (Å²) < 4.78 is 5.54. The zero-order valence-electron chi connectivity index (χ0n) is 10.7. The van der Waals surface area contributed by atoms with E-state index in [0.29, 0.717) is 18.4 Å². The van der Waals surface area contributed by atoms with Gasteiger partial charge in [-0.25, -0.2) is 4.98 Å². The molecule has 3 nitrogen and oxygen atoms in total. The first-order valence-electron chi connectivity index (χ1n) is 6.47. The number of hydrogen-bond acceptors (Lipinski definition) is 4. The Balaban J connectivity index is 2.14. The summed E-state index contributed by atoms with van der Waals surface area (Å²) in [6.45, 7) is 6.81. The summed E-state index contributed by atoms with van der Waals surface area (Å²) in [5.41, 5.74) is 7.02. The molecule has 4 heteroatoms. The Morgan fingerprint density at radius 1 is 1.53 bits per heavy atom. The van der Waals surface area contributed by atoms with Gasteiger partial charge in [-0.3, -0.25) is 0 Å². The van der Waals surface area contributed by atoms with Crippen LogP contribution < -0.4 is 5.73 Å². The Morgan fingerprint density at radius 3 is 2.94 bits per heavy atom. The largest absolute Gasteiger partial charge is 0.381 e. The summed E-state index contributed by atoms with van der Waals surface area (Å²) in [4.78, 5) is 6.07. The number of ether oxygens (including phenoxy) is 1. The molecule has 0 bridgehead atoms. The van der Waals surface area contributed by atoms with Crippen molar-refractivity contribution in [3.63, 3.8) is 0 Å². The topological polar surface area (TPSA) is 48.1 Å². The van der Waals surface area contributed by atoms with Gasteiger partial charge >= 0.3 is 0 Å². The fourth-order valence-corrected chi connectivity index (χ4v) is 3.31. The average molecular weight is 254 g/mol. The van der Waals surface area contributed by atoms with E-state index < -0.39 is 0 Å². The van der Waals surface area contributed by atoms with E-state index in [2.05, 4.69) is 13.8 Å². The molecule has 96 valence electrons. The van der Waals surface area contributed by atoms with Crippen molar-refractivity contribution in [2.24, 2.45) is 11.7 Å². The van der Waals surface area contributed by atoms with Gasteiger partial charge in [0, 0.05) is 23.9 Å². The number of hydrogen-bond donors (Lipinski definition) is 1. The Hall–Kier alpha value is -0.450. The minimum atomic E-state index is 0.500. The molecule has 1 aromatic heterocycles. The molecule has 0 aliphatic carbocycles. The second-order valence-corrected chi connectivity index (χ2v) is 6.25. The molecule has 2 N–H and O–H groups in total. The van der Waals surface area contributed by atoms with Gasteiger partial charge in [-0.1, -0.05) is 13.8 Å². The van der Waals surface area contributed by atoms with Crippen LogP contribution in [0.3, 0.4) is 0 Å². The third-order valence-electron chi connectivity index (χ3n) is 3.09. The molecule has 17 heavy (non-hydrogen) atoms. The zero-order chi connectivity index (χ0) is 12.3. The Bertz CT molecular complexity index is 356. The van der Waals surface area contributed by atoms with Gasteiger partial charge in [-0.15, -0.1) is 11.3 Å². The lowest BCUT2D eigenvalue weighted by atomic mass is 10.0.